The quantitative estimate of drug-likeness (QED) is 0.741. The van der Waals surface area contributed by atoms with Gasteiger partial charge < -0.3 is 15.5 Å². The molecule has 0 saturated carbocycles. The zero-order valence-electron chi connectivity index (χ0n) is 15.3. The molecule has 27 heavy (non-hydrogen) atoms. The number of anilines is 2. The molecule has 8 heteroatoms. The van der Waals surface area contributed by atoms with E-state index < -0.39 is 0 Å². The average molecular weight is 427 g/mol. The highest BCUT2D eigenvalue weighted by Crippen LogP contribution is 2.39. The van der Waals surface area contributed by atoms with Crippen LogP contribution >= 0.6 is 34.8 Å². The lowest BCUT2D eigenvalue weighted by Crippen LogP contribution is -2.58. The first kappa shape index (κ1) is 19.1. The summed E-state index contributed by atoms with van der Waals surface area (Å²) in [4.78, 5) is 11.5. The van der Waals surface area contributed by atoms with Crippen LogP contribution in [0.15, 0.2) is 18.2 Å². The Hall–Kier alpha value is -1.27. The normalized spacial score (nSPS) is 19.2. The number of hydrogen-bond donors (Lipinski definition) is 2. The molecule has 1 atom stereocenters. The minimum Gasteiger partial charge on any atom is -0.362 e. The van der Waals surface area contributed by atoms with Crippen LogP contribution in [0.2, 0.25) is 15.1 Å². The fraction of sp³-hybridized carbons (Fsp3) is 0.474. The first-order valence-electron chi connectivity index (χ1n) is 9.08. The van der Waals surface area contributed by atoms with Crippen molar-refractivity contribution in [3.8, 4) is 0 Å². The van der Waals surface area contributed by atoms with Crippen molar-refractivity contribution in [3.05, 3.63) is 44.5 Å². The molecule has 0 unspecified atom stereocenters. The van der Waals surface area contributed by atoms with E-state index in [9.17, 15) is 0 Å². The summed E-state index contributed by atoms with van der Waals surface area (Å²) in [5, 5.41) is 8.59. The molecule has 5 nitrogen and oxygen atoms in total. The summed E-state index contributed by atoms with van der Waals surface area (Å²) in [6, 6.07) is 5.41. The Morgan fingerprint density at radius 3 is 2.67 bits per heavy atom. The van der Waals surface area contributed by atoms with E-state index in [0.717, 1.165) is 43.4 Å². The summed E-state index contributed by atoms with van der Waals surface area (Å²) in [5.74, 6) is 1.36. The number of halogens is 3. The van der Waals surface area contributed by atoms with Crippen LogP contribution in [0.5, 0.6) is 0 Å². The molecule has 1 spiro atoms. The van der Waals surface area contributed by atoms with Crippen LogP contribution in [0.25, 0.3) is 0 Å². The molecule has 2 aromatic rings. The van der Waals surface area contributed by atoms with Crippen molar-refractivity contribution in [2.45, 2.75) is 26.3 Å². The van der Waals surface area contributed by atoms with E-state index in [4.69, 9.17) is 39.8 Å². The molecule has 3 heterocycles. The lowest BCUT2D eigenvalue weighted by molar-refractivity contribution is 0.240. The van der Waals surface area contributed by atoms with Gasteiger partial charge in [0.25, 0.3) is 0 Å². The summed E-state index contributed by atoms with van der Waals surface area (Å²) < 4.78 is 0. The van der Waals surface area contributed by atoms with Gasteiger partial charge >= 0.3 is 0 Å². The van der Waals surface area contributed by atoms with Gasteiger partial charge in [-0.2, -0.15) is 4.98 Å². The fourth-order valence-corrected chi connectivity index (χ4v) is 4.60. The van der Waals surface area contributed by atoms with Gasteiger partial charge in [0.1, 0.15) is 5.02 Å². The smallest absolute Gasteiger partial charge is 0.227 e. The van der Waals surface area contributed by atoms with E-state index in [0.29, 0.717) is 26.3 Å². The van der Waals surface area contributed by atoms with E-state index in [2.05, 4.69) is 20.5 Å². The number of nitrogens with one attached hydrogen (secondary N) is 2. The van der Waals surface area contributed by atoms with Crippen LogP contribution in [-0.4, -0.2) is 36.1 Å². The van der Waals surface area contributed by atoms with Gasteiger partial charge in [-0.15, -0.1) is 0 Å². The van der Waals surface area contributed by atoms with Gasteiger partial charge in [0.2, 0.25) is 5.95 Å². The van der Waals surface area contributed by atoms with Gasteiger partial charge in [-0.05, 0) is 44.5 Å². The average Bonchev–Trinajstić information content (AvgIpc) is 3.07. The van der Waals surface area contributed by atoms with E-state index in [1.165, 1.54) is 6.42 Å². The molecule has 2 saturated heterocycles. The Kier molecular flexibility index (Phi) is 5.14. The maximum Gasteiger partial charge on any atom is 0.227 e. The number of nitrogens with zero attached hydrogens (tertiary/aromatic N) is 3. The first-order valence-corrected chi connectivity index (χ1v) is 10.2. The monoisotopic (exact) mass is 425 g/mol. The van der Waals surface area contributed by atoms with Crippen LogP contribution in [0.3, 0.4) is 0 Å². The number of rotatable bonds is 4. The third kappa shape index (κ3) is 3.70. The van der Waals surface area contributed by atoms with Crippen molar-refractivity contribution >= 4 is 46.6 Å². The first-order chi connectivity index (χ1) is 12.9. The maximum atomic E-state index is 6.48. The van der Waals surface area contributed by atoms with Crippen molar-refractivity contribution in [1.29, 1.82) is 0 Å². The molecular weight excluding hydrogens is 405 g/mol. The van der Waals surface area contributed by atoms with Crippen LogP contribution in [-0.2, 0) is 0 Å². The molecule has 0 radical (unpaired) electrons. The Bertz CT molecular complexity index is 859. The Morgan fingerprint density at radius 1 is 1.22 bits per heavy atom. The molecule has 2 aliphatic heterocycles. The fourth-order valence-electron chi connectivity index (χ4n) is 3.89. The largest absolute Gasteiger partial charge is 0.362 e. The van der Waals surface area contributed by atoms with Crippen molar-refractivity contribution in [3.63, 3.8) is 0 Å². The minimum absolute atomic E-state index is 0.0730. The van der Waals surface area contributed by atoms with Crippen molar-refractivity contribution in [2.75, 3.05) is 36.4 Å². The molecule has 144 valence electrons. The molecule has 2 fully saturated rings. The number of hydrogen-bond acceptors (Lipinski definition) is 5. The predicted molar refractivity (Wildman–Crippen MR) is 112 cm³/mol. The van der Waals surface area contributed by atoms with Gasteiger partial charge in [-0.3, -0.25) is 0 Å². The molecule has 4 rings (SSSR count). The predicted octanol–water partition coefficient (Wildman–Crippen LogP) is 4.72. The van der Waals surface area contributed by atoms with E-state index in [-0.39, 0.29) is 6.04 Å². The molecule has 1 aromatic carbocycles. The zero-order chi connectivity index (χ0) is 19.2. The standard InChI is InChI=1S/C19H22Cl3N5/c1-11(14-4-3-13(20)7-15(14)21)24-17-16(22)12(2)25-18(26-17)27-9-19(10-27)5-6-23-8-19/h3-4,7,11,23H,5-6,8-10H2,1-2H3,(H,24,25,26)/t11-/m1/s1. The van der Waals surface area contributed by atoms with E-state index in [1.54, 1.807) is 6.07 Å². The highest BCUT2D eigenvalue weighted by atomic mass is 35.5. The van der Waals surface area contributed by atoms with Gasteiger partial charge in [0, 0.05) is 35.1 Å². The highest BCUT2D eigenvalue weighted by molar-refractivity contribution is 6.35. The maximum absolute atomic E-state index is 6.48. The molecule has 0 aliphatic carbocycles. The summed E-state index contributed by atoms with van der Waals surface area (Å²) in [7, 11) is 0. The van der Waals surface area contributed by atoms with Gasteiger partial charge in [0.05, 0.1) is 11.7 Å². The second-order valence-corrected chi connectivity index (χ2v) is 8.81. The Labute approximate surface area is 174 Å². The van der Waals surface area contributed by atoms with Gasteiger partial charge in [0.15, 0.2) is 5.82 Å². The van der Waals surface area contributed by atoms with Crippen LogP contribution in [0, 0.1) is 12.3 Å². The third-order valence-electron chi connectivity index (χ3n) is 5.45. The minimum atomic E-state index is -0.0730. The molecule has 0 amide bonds. The zero-order valence-corrected chi connectivity index (χ0v) is 17.6. The Balaban J connectivity index is 1.54. The summed E-state index contributed by atoms with van der Waals surface area (Å²) >= 11 is 18.8. The summed E-state index contributed by atoms with van der Waals surface area (Å²) in [5.41, 5.74) is 2.09. The Morgan fingerprint density at radius 2 is 2.00 bits per heavy atom. The van der Waals surface area contributed by atoms with Gasteiger partial charge in [-0.25, -0.2) is 4.98 Å². The SMILES string of the molecule is Cc1nc(N2CC3(CCNC3)C2)nc(N[C@H](C)c2ccc(Cl)cc2Cl)c1Cl. The summed E-state index contributed by atoms with van der Waals surface area (Å²) in [6.45, 7) is 8.07. The van der Waals surface area contributed by atoms with Crippen molar-refractivity contribution < 1.29 is 0 Å². The second kappa shape index (κ2) is 7.28. The lowest BCUT2D eigenvalue weighted by atomic mass is 9.79. The number of aromatic nitrogens is 2. The third-order valence-corrected chi connectivity index (χ3v) is 6.47. The molecule has 0 bridgehead atoms. The van der Waals surface area contributed by atoms with E-state index >= 15 is 0 Å². The van der Waals surface area contributed by atoms with Crippen molar-refractivity contribution in [1.82, 2.24) is 15.3 Å². The number of aryl methyl sites for hydroxylation is 1. The second-order valence-electron chi connectivity index (χ2n) is 7.59. The highest BCUT2D eigenvalue weighted by Gasteiger charge is 2.46. The van der Waals surface area contributed by atoms with Crippen LogP contribution in [0.4, 0.5) is 11.8 Å². The lowest BCUT2D eigenvalue weighted by Gasteiger charge is -2.47. The molecule has 2 N–H and O–H groups in total. The van der Waals surface area contributed by atoms with E-state index in [1.807, 2.05) is 26.0 Å². The number of benzene rings is 1. The van der Waals surface area contributed by atoms with Crippen molar-refractivity contribution in [2.24, 2.45) is 5.41 Å². The van der Waals surface area contributed by atoms with Crippen LogP contribution < -0.4 is 15.5 Å². The van der Waals surface area contributed by atoms with Gasteiger partial charge in [-0.1, -0.05) is 40.9 Å². The molecule has 1 aromatic heterocycles. The summed E-state index contributed by atoms with van der Waals surface area (Å²) in [6.07, 6.45) is 1.22. The topological polar surface area (TPSA) is 53.1 Å². The molecular formula is C19H22Cl3N5. The molecule has 2 aliphatic rings. The van der Waals surface area contributed by atoms with Crippen LogP contribution in [0.1, 0.15) is 30.6 Å².